The molecule has 3 rings (SSSR count). The molecule has 2 aliphatic rings. The van der Waals surface area contributed by atoms with Gasteiger partial charge in [-0.2, -0.15) is 22.3 Å². The maximum absolute atomic E-state index is 14.1. The van der Waals surface area contributed by atoms with E-state index >= 15 is 0 Å². The lowest BCUT2D eigenvalue weighted by Crippen LogP contribution is -2.50. The molecule has 0 spiro atoms. The first-order chi connectivity index (χ1) is 11.4. The molecule has 6 nitrogen and oxygen atoms in total. The molecular weight excluding hydrogens is 340 g/mol. The highest BCUT2D eigenvalue weighted by Gasteiger charge is 2.41. The highest BCUT2D eigenvalue weighted by molar-refractivity contribution is 7.86. The first-order valence-corrected chi connectivity index (χ1v) is 9.06. The van der Waals surface area contributed by atoms with Crippen molar-refractivity contribution < 1.29 is 21.9 Å². The van der Waals surface area contributed by atoms with E-state index in [9.17, 15) is 17.2 Å². The van der Waals surface area contributed by atoms with Crippen molar-refractivity contribution in [1.82, 2.24) is 8.61 Å². The largest absolute Gasteiger partial charge is 0.361 e. The van der Waals surface area contributed by atoms with Crippen LogP contribution in [0.25, 0.3) is 0 Å². The van der Waals surface area contributed by atoms with Gasteiger partial charge in [0.05, 0.1) is 25.3 Å². The highest BCUT2D eigenvalue weighted by atomic mass is 32.2. The van der Waals surface area contributed by atoms with E-state index in [1.165, 1.54) is 8.61 Å². The minimum absolute atomic E-state index is 0.0427. The maximum Gasteiger partial charge on any atom is 0.282 e. The zero-order valence-corrected chi connectivity index (χ0v) is 13.7. The van der Waals surface area contributed by atoms with Crippen LogP contribution >= 0.6 is 0 Å². The van der Waals surface area contributed by atoms with Gasteiger partial charge in [-0.25, -0.2) is 8.78 Å². The molecule has 0 radical (unpaired) electrons. The van der Waals surface area contributed by atoms with Gasteiger partial charge in [0.25, 0.3) is 10.2 Å². The number of halogens is 2. The summed E-state index contributed by atoms with van der Waals surface area (Å²) in [5.74, 6) is -1.23. The van der Waals surface area contributed by atoms with E-state index in [1.807, 2.05) is 6.07 Å². The number of morpholine rings is 1. The van der Waals surface area contributed by atoms with E-state index in [4.69, 9.17) is 10.00 Å². The quantitative estimate of drug-likeness (QED) is 0.823. The van der Waals surface area contributed by atoms with Crippen LogP contribution in [0.4, 0.5) is 8.78 Å². The molecular formula is C15H17F2N3O3S. The number of hydrogen-bond donors (Lipinski definition) is 0. The standard InChI is InChI=1S/C15H17F2N3O3S/c16-11-3-4-14(17)13(8-11)15-2-1-5-20(15)24(21,22)19-6-7-23-12(9-18)10-19/h3-4,8,12,15H,1-2,5-7,10H2. The predicted molar refractivity (Wildman–Crippen MR) is 80.9 cm³/mol. The van der Waals surface area contributed by atoms with Crippen LogP contribution in [0.1, 0.15) is 24.4 Å². The fourth-order valence-corrected chi connectivity index (χ4v) is 4.98. The fraction of sp³-hybridized carbons (Fsp3) is 0.533. The molecule has 0 bridgehead atoms. The second-order valence-electron chi connectivity index (χ2n) is 5.79. The summed E-state index contributed by atoms with van der Waals surface area (Å²) in [6.07, 6.45) is 0.165. The zero-order chi connectivity index (χ0) is 17.3. The summed E-state index contributed by atoms with van der Waals surface area (Å²) < 4.78 is 60.9. The van der Waals surface area contributed by atoms with Crippen LogP contribution in [0.15, 0.2) is 18.2 Å². The minimum Gasteiger partial charge on any atom is -0.361 e. The maximum atomic E-state index is 14.1. The molecule has 0 aliphatic carbocycles. The second kappa shape index (κ2) is 6.72. The van der Waals surface area contributed by atoms with Gasteiger partial charge in [0.15, 0.2) is 6.10 Å². The van der Waals surface area contributed by atoms with Crippen molar-refractivity contribution in [2.45, 2.75) is 25.0 Å². The third kappa shape index (κ3) is 3.15. The molecule has 2 atom stereocenters. The van der Waals surface area contributed by atoms with Gasteiger partial charge in [-0.3, -0.25) is 0 Å². The van der Waals surface area contributed by atoms with Gasteiger partial charge < -0.3 is 4.74 Å². The first kappa shape index (κ1) is 17.2. The van der Waals surface area contributed by atoms with E-state index in [-0.39, 0.29) is 31.8 Å². The van der Waals surface area contributed by atoms with E-state index in [1.54, 1.807) is 0 Å². The van der Waals surface area contributed by atoms with Crippen molar-refractivity contribution in [1.29, 1.82) is 5.26 Å². The van der Waals surface area contributed by atoms with Crippen LogP contribution < -0.4 is 0 Å². The molecule has 9 heteroatoms. The van der Waals surface area contributed by atoms with Gasteiger partial charge in [0, 0.05) is 18.7 Å². The summed E-state index contributed by atoms with van der Waals surface area (Å²) >= 11 is 0. The van der Waals surface area contributed by atoms with Crippen LogP contribution in [-0.4, -0.2) is 49.4 Å². The Balaban J connectivity index is 1.89. The smallest absolute Gasteiger partial charge is 0.282 e. The van der Waals surface area contributed by atoms with E-state index in [2.05, 4.69) is 0 Å². The van der Waals surface area contributed by atoms with E-state index < -0.39 is 34.0 Å². The topological polar surface area (TPSA) is 73.6 Å². The summed E-state index contributed by atoms with van der Waals surface area (Å²) in [5, 5.41) is 8.94. The Morgan fingerprint density at radius 1 is 1.29 bits per heavy atom. The van der Waals surface area contributed by atoms with Gasteiger partial charge in [-0.05, 0) is 31.0 Å². The molecule has 2 aliphatic heterocycles. The Morgan fingerprint density at radius 3 is 2.83 bits per heavy atom. The number of nitrogens with zero attached hydrogens (tertiary/aromatic N) is 3. The van der Waals surface area contributed by atoms with E-state index in [0.29, 0.717) is 12.8 Å². The summed E-state index contributed by atoms with van der Waals surface area (Å²) in [4.78, 5) is 0. The van der Waals surface area contributed by atoms with Gasteiger partial charge >= 0.3 is 0 Å². The third-order valence-electron chi connectivity index (χ3n) is 4.32. The Hall–Kier alpha value is -1.60. The van der Waals surface area contributed by atoms with Crippen molar-refractivity contribution in [2.75, 3.05) is 26.2 Å². The van der Waals surface area contributed by atoms with Crippen LogP contribution in [0.2, 0.25) is 0 Å². The zero-order valence-electron chi connectivity index (χ0n) is 12.9. The number of nitriles is 1. The van der Waals surface area contributed by atoms with Crippen molar-refractivity contribution in [3.8, 4) is 6.07 Å². The van der Waals surface area contributed by atoms with Gasteiger partial charge in [-0.15, -0.1) is 0 Å². The SMILES string of the molecule is N#CC1CN(S(=O)(=O)N2CCCC2c2cc(F)ccc2F)CCO1. The van der Waals surface area contributed by atoms with Crippen molar-refractivity contribution in [3.05, 3.63) is 35.4 Å². The van der Waals surface area contributed by atoms with Gasteiger partial charge in [0.1, 0.15) is 11.6 Å². The summed E-state index contributed by atoms with van der Waals surface area (Å²) in [6.45, 7) is 0.435. The molecule has 0 saturated carbocycles. The molecule has 24 heavy (non-hydrogen) atoms. The first-order valence-electron chi connectivity index (χ1n) is 7.66. The second-order valence-corrected chi connectivity index (χ2v) is 7.67. The van der Waals surface area contributed by atoms with Crippen LogP contribution in [-0.2, 0) is 14.9 Å². The molecule has 0 N–H and O–H groups in total. The third-order valence-corrected chi connectivity index (χ3v) is 6.33. The van der Waals surface area contributed by atoms with Crippen LogP contribution in [0.3, 0.4) is 0 Å². The predicted octanol–water partition coefficient (Wildman–Crippen LogP) is 1.57. The van der Waals surface area contributed by atoms with Gasteiger partial charge in [0.2, 0.25) is 0 Å². The fourth-order valence-electron chi connectivity index (χ4n) is 3.16. The monoisotopic (exact) mass is 357 g/mol. The summed E-state index contributed by atoms with van der Waals surface area (Å²) in [5.41, 5.74) is 0.0427. The number of benzene rings is 1. The Labute approximate surface area is 139 Å². The van der Waals surface area contributed by atoms with Crippen LogP contribution in [0.5, 0.6) is 0 Å². The lowest BCUT2D eigenvalue weighted by atomic mass is 10.0. The number of ether oxygens (including phenoxy) is 1. The molecule has 2 fully saturated rings. The van der Waals surface area contributed by atoms with Crippen molar-refractivity contribution in [2.24, 2.45) is 0 Å². The highest BCUT2D eigenvalue weighted by Crippen LogP contribution is 2.37. The van der Waals surface area contributed by atoms with Crippen molar-refractivity contribution >= 4 is 10.2 Å². The molecule has 0 aromatic heterocycles. The molecule has 2 saturated heterocycles. The molecule has 1 aromatic rings. The summed E-state index contributed by atoms with van der Waals surface area (Å²) in [6, 6.07) is 4.22. The van der Waals surface area contributed by atoms with Gasteiger partial charge in [-0.1, -0.05) is 0 Å². The lowest BCUT2D eigenvalue weighted by molar-refractivity contribution is 0.0287. The average molecular weight is 357 g/mol. The molecule has 130 valence electrons. The molecule has 0 amide bonds. The normalized spacial score (nSPS) is 26.4. The molecule has 2 heterocycles. The van der Waals surface area contributed by atoms with Crippen molar-refractivity contribution in [3.63, 3.8) is 0 Å². The minimum atomic E-state index is -3.89. The average Bonchev–Trinajstić information content (AvgIpc) is 3.07. The van der Waals surface area contributed by atoms with E-state index in [0.717, 1.165) is 18.2 Å². The van der Waals surface area contributed by atoms with Crippen LogP contribution in [0, 0.1) is 23.0 Å². The molecule has 1 aromatic carbocycles. The molecule has 2 unspecified atom stereocenters. The number of rotatable bonds is 3. The number of hydrogen-bond acceptors (Lipinski definition) is 4. The Morgan fingerprint density at radius 2 is 2.08 bits per heavy atom. The summed E-state index contributed by atoms with van der Waals surface area (Å²) in [7, 11) is -3.89. The Bertz CT molecular complexity index is 766. The Kier molecular flexibility index (Phi) is 4.83. The lowest BCUT2D eigenvalue weighted by Gasteiger charge is -2.34.